The molecule has 1 aromatic carbocycles. The lowest BCUT2D eigenvalue weighted by Gasteiger charge is -2.15. The monoisotopic (exact) mass is 331 g/mol. The SMILES string of the molecule is CCNCC1CCC(COc2ccc(Br)cc2F)O1. The van der Waals surface area contributed by atoms with Crippen LogP contribution in [0.1, 0.15) is 19.8 Å². The fourth-order valence-corrected chi connectivity index (χ4v) is 2.47. The van der Waals surface area contributed by atoms with E-state index in [1.165, 1.54) is 6.07 Å². The van der Waals surface area contributed by atoms with Gasteiger partial charge in [0.2, 0.25) is 0 Å². The zero-order valence-electron chi connectivity index (χ0n) is 11.0. The molecule has 1 saturated heterocycles. The molecule has 0 radical (unpaired) electrons. The summed E-state index contributed by atoms with van der Waals surface area (Å²) in [5.74, 6) is -0.0708. The molecule has 0 bridgehead atoms. The standard InChI is InChI=1S/C14H19BrFNO2/c1-2-17-8-11-4-5-12(19-11)9-18-14-6-3-10(15)7-13(14)16/h3,6-7,11-12,17H,2,4-5,8-9H2,1H3. The quantitative estimate of drug-likeness (QED) is 0.868. The Hall–Kier alpha value is -0.650. The van der Waals surface area contributed by atoms with Crippen molar-refractivity contribution in [3.05, 3.63) is 28.5 Å². The Morgan fingerprint density at radius 3 is 2.95 bits per heavy atom. The molecule has 0 spiro atoms. The second-order valence-corrected chi connectivity index (χ2v) is 5.57. The third kappa shape index (κ3) is 4.44. The Balaban J connectivity index is 1.77. The van der Waals surface area contributed by atoms with Gasteiger partial charge in [-0.15, -0.1) is 0 Å². The normalized spacial score (nSPS) is 22.7. The molecule has 0 aliphatic carbocycles. The fraction of sp³-hybridized carbons (Fsp3) is 0.571. The molecule has 19 heavy (non-hydrogen) atoms. The zero-order valence-corrected chi connectivity index (χ0v) is 12.6. The van der Waals surface area contributed by atoms with Crippen LogP contribution in [0.4, 0.5) is 4.39 Å². The number of hydrogen-bond acceptors (Lipinski definition) is 3. The Kier molecular flexibility index (Phi) is 5.60. The average Bonchev–Trinajstić information content (AvgIpc) is 2.83. The summed E-state index contributed by atoms with van der Waals surface area (Å²) in [6.45, 7) is 4.30. The molecule has 1 N–H and O–H groups in total. The van der Waals surface area contributed by atoms with E-state index in [9.17, 15) is 4.39 Å². The van der Waals surface area contributed by atoms with Gasteiger partial charge in [-0.2, -0.15) is 0 Å². The highest BCUT2D eigenvalue weighted by Crippen LogP contribution is 2.24. The first-order valence-electron chi connectivity index (χ1n) is 6.63. The summed E-state index contributed by atoms with van der Waals surface area (Å²) >= 11 is 3.22. The van der Waals surface area contributed by atoms with Gasteiger partial charge in [0.15, 0.2) is 11.6 Å². The highest BCUT2D eigenvalue weighted by Gasteiger charge is 2.25. The van der Waals surface area contributed by atoms with E-state index in [1.54, 1.807) is 12.1 Å². The van der Waals surface area contributed by atoms with Crippen molar-refractivity contribution in [3.63, 3.8) is 0 Å². The molecule has 2 unspecified atom stereocenters. The molecule has 5 heteroatoms. The highest BCUT2D eigenvalue weighted by molar-refractivity contribution is 9.10. The van der Waals surface area contributed by atoms with Gasteiger partial charge in [-0.1, -0.05) is 22.9 Å². The van der Waals surface area contributed by atoms with E-state index in [1.807, 2.05) is 0 Å². The number of benzene rings is 1. The van der Waals surface area contributed by atoms with Gasteiger partial charge in [0, 0.05) is 11.0 Å². The Labute approximate surface area is 121 Å². The lowest BCUT2D eigenvalue weighted by Crippen LogP contribution is -2.28. The number of hydrogen-bond donors (Lipinski definition) is 1. The summed E-state index contributed by atoms with van der Waals surface area (Å²) in [6.07, 6.45) is 2.31. The summed E-state index contributed by atoms with van der Waals surface area (Å²) < 4.78 is 25.6. The first-order chi connectivity index (χ1) is 9.19. The summed E-state index contributed by atoms with van der Waals surface area (Å²) in [5.41, 5.74) is 0. The molecule has 0 aromatic heterocycles. The summed E-state index contributed by atoms with van der Waals surface area (Å²) in [6, 6.07) is 4.80. The largest absolute Gasteiger partial charge is 0.488 e. The van der Waals surface area contributed by atoms with Crippen LogP contribution >= 0.6 is 15.9 Å². The number of rotatable bonds is 6. The minimum Gasteiger partial charge on any atom is -0.488 e. The Morgan fingerprint density at radius 1 is 1.42 bits per heavy atom. The van der Waals surface area contributed by atoms with E-state index in [2.05, 4.69) is 28.2 Å². The molecule has 1 heterocycles. The van der Waals surface area contributed by atoms with Crippen molar-refractivity contribution in [2.75, 3.05) is 19.7 Å². The predicted molar refractivity (Wildman–Crippen MR) is 76.0 cm³/mol. The topological polar surface area (TPSA) is 30.5 Å². The summed E-state index contributed by atoms with van der Waals surface area (Å²) in [5, 5.41) is 3.27. The van der Waals surface area contributed by atoms with E-state index in [-0.39, 0.29) is 23.8 Å². The molecule has 106 valence electrons. The van der Waals surface area contributed by atoms with E-state index in [0.717, 1.165) is 25.9 Å². The Bertz CT molecular complexity index is 416. The molecule has 0 saturated carbocycles. The predicted octanol–water partition coefficient (Wildman–Crippen LogP) is 3.12. The lowest BCUT2D eigenvalue weighted by atomic mass is 10.2. The molecule has 1 fully saturated rings. The van der Waals surface area contributed by atoms with Gasteiger partial charge in [0.25, 0.3) is 0 Å². The molecule has 3 nitrogen and oxygen atoms in total. The maximum absolute atomic E-state index is 13.6. The van der Waals surface area contributed by atoms with Crippen LogP contribution in [0.2, 0.25) is 0 Å². The molecule has 1 aromatic rings. The van der Waals surface area contributed by atoms with Crippen LogP contribution in [0.3, 0.4) is 0 Å². The molecule has 2 atom stereocenters. The molecular formula is C14H19BrFNO2. The van der Waals surface area contributed by atoms with Crippen molar-refractivity contribution in [2.45, 2.75) is 32.0 Å². The molecular weight excluding hydrogens is 313 g/mol. The van der Waals surface area contributed by atoms with Gasteiger partial charge in [-0.25, -0.2) is 4.39 Å². The third-order valence-electron chi connectivity index (χ3n) is 3.14. The van der Waals surface area contributed by atoms with Gasteiger partial charge in [0.1, 0.15) is 6.61 Å². The van der Waals surface area contributed by atoms with Crippen LogP contribution in [0.15, 0.2) is 22.7 Å². The maximum Gasteiger partial charge on any atom is 0.166 e. The first-order valence-corrected chi connectivity index (χ1v) is 7.42. The number of ether oxygens (including phenoxy) is 2. The molecule has 1 aliphatic heterocycles. The highest BCUT2D eigenvalue weighted by atomic mass is 79.9. The van der Waals surface area contributed by atoms with Gasteiger partial charge in [-0.3, -0.25) is 0 Å². The molecule has 2 rings (SSSR count). The van der Waals surface area contributed by atoms with Crippen LogP contribution in [-0.4, -0.2) is 31.9 Å². The van der Waals surface area contributed by atoms with Gasteiger partial charge >= 0.3 is 0 Å². The van der Waals surface area contributed by atoms with Gasteiger partial charge < -0.3 is 14.8 Å². The van der Waals surface area contributed by atoms with Crippen molar-refractivity contribution < 1.29 is 13.9 Å². The second kappa shape index (κ2) is 7.22. The molecule has 0 amide bonds. The van der Waals surface area contributed by atoms with Crippen LogP contribution in [0.5, 0.6) is 5.75 Å². The van der Waals surface area contributed by atoms with Crippen molar-refractivity contribution in [2.24, 2.45) is 0 Å². The van der Waals surface area contributed by atoms with Crippen molar-refractivity contribution in [1.82, 2.24) is 5.32 Å². The smallest absolute Gasteiger partial charge is 0.166 e. The maximum atomic E-state index is 13.6. The summed E-state index contributed by atoms with van der Waals surface area (Å²) in [7, 11) is 0. The molecule has 1 aliphatic rings. The average molecular weight is 332 g/mol. The number of halogens is 2. The van der Waals surface area contributed by atoms with E-state index < -0.39 is 0 Å². The fourth-order valence-electron chi connectivity index (χ4n) is 2.13. The van der Waals surface area contributed by atoms with Crippen LogP contribution in [-0.2, 0) is 4.74 Å². The van der Waals surface area contributed by atoms with Gasteiger partial charge in [0.05, 0.1) is 12.2 Å². The minimum atomic E-state index is -0.350. The van der Waals surface area contributed by atoms with Crippen molar-refractivity contribution in [3.8, 4) is 5.75 Å². The third-order valence-corrected chi connectivity index (χ3v) is 3.63. The lowest BCUT2D eigenvalue weighted by molar-refractivity contribution is 0.0180. The van der Waals surface area contributed by atoms with Crippen LogP contribution in [0, 0.1) is 5.82 Å². The van der Waals surface area contributed by atoms with Gasteiger partial charge in [-0.05, 0) is 37.6 Å². The van der Waals surface area contributed by atoms with Crippen molar-refractivity contribution in [1.29, 1.82) is 0 Å². The number of nitrogens with one attached hydrogen (secondary N) is 1. The second-order valence-electron chi connectivity index (χ2n) is 4.65. The summed E-state index contributed by atoms with van der Waals surface area (Å²) in [4.78, 5) is 0. The van der Waals surface area contributed by atoms with E-state index in [4.69, 9.17) is 9.47 Å². The van der Waals surface area contributed by atoms with Crippen molar-refractivity contribution >= 4 is 15.9 Å². The zero-order chi connectivity index (χ0) is 13.7. The minimum absolute atomic E-state index is 0.0618. The van der Waals surface area contributed by atoms with Crippen LogP contribution in [0.25, 0.3) is 0 Å². The van der Waals surface area contributed by atoms with E-state index in [0.29, 0.717) is 11.1 Å². The Morgan fingerprint density at radius 2 is 2.21 bits per heavy atom. The first kappa shape index (κ1) is 14.8. The number of likely N-dealkylation sites (N-methyl/N-ethyl adjacent to an activating group) is 1. The van der Waals surface area contributed by atoms with E-state index >= 15 is 0 Å². The van der Waals surface area contributed by atoms with Crippen LogP contribution < -0.4 is 10.1 Å².